The van der Waals surface area contributed by atoms with Gasteiger partial charge in [-0.1, -0.05) is 0 Å². The van der Waals surface area contributed by atoms with Gasteiger partial charge in [-0.05, 0) is 0 Å². The molecule has 5 nitrogen and oxygen atoms in total. The van der Waals surface area contributed by atoms with Gasteiger partial charge in [-0.25, -0.2) is 0 Å². The third kappa shape index (κ3) is 3.10. The normalized spacial score (nSPS) is 19.5. The summed E-state index contributed by atoms with van der Waals surface area (Å²) >= 11 is -4.16. The Balaban J connectivity index is 2.01. The van der Waals surface area contributed by atoms with E-state index < -0.39 is 61.1 Å². The summed E-state index contributed by atoms with van der Waals surface area (Å²) in [6, 6.07) is 11.8. The van der Waals surface area contributed by atoms with E-state index in [9.17, 15) is 35.9 Å². The third-order valence-corrected chi connectivity index (χ3v) is 10.9. The number of methoxy groups -OCH3 is 2. The molecule has 0 bridgehead atoms. The van der Waals surface area contributed by atoms with E-state index in [2.05, 4.69) is 0 Å². The topological polar surface area (TPSA) is 61.8 Å². The fourth-order valence-corrected chi connectivity index (χ4v) is 10.5. The minimum absolute atomic E-state index is 0.0630. The molecule has 0 radical (unpaired) electrons. The van der Waals surface area contributed by atoms with Crippen LogP contribution < -0.4 is 0 Å². The molecule has 2 aromatic carbocycles. The van der Waals surface area contributed by atoms with Gasteiger partial charge in [-0.3, -0.25) is 0 Å². The second-order valence-corrected chi connectivity index (χ2v) is 11.4. The van der Waals surface area contributed by atoms with Crippen LogP contribution in [0.1, 0.15) is 11.1 Å². The molecule has 0 unspecified atom stereocenters. The van der Waals surface area contributed by atoms with Gasteiger partial charge in [0, 0.05) is 0 Å². The molecule has 0 aromatic heterocycles. The SMILES string of the molecule is COC(=O)C1(C(=O)OC)C(c2ccccc2)=C1I1OC(C(F)(F)F)(C(F)(F)F)c2ccccc21. The summed E-state index contributed by atoms with van der Waals surface area (Å²) in [5.74, 6) is -2.36. The van der Waals surface area contributed by atoms with Crippen molar-refractivity contribution in [3.05, 3.63) is 72.9 Å². The van der Waals surface area contributed by atoms with Crippen LogP contribution in [0.15, 0.2) is 58.2 Å². The van der Waals surface area contributed by atoms with Crippen molar-refractivity contribution < 1.29 is 48.5 Å². The molecular formula is C22H15F6IO5. The van der Waals surface area contributed by atoms with Crippen LogP contribution in [-0.2, 0) is 27.7 Å². The second-order valence-electron chi connectivity index (χ2n) is 7.27. The molecule has 1 aliphatic heterocycles. The Morgan fingerprint density at radius 1 is 0.824 bits per heavy atom. The molecule has 0 saturated heterocycles. The predicted molar refractivity (Wildman–Crippen MR) is 114 cm³/mol. The first-order valence-corrected chi connectivity index (χ1v) is 12.5. The van der Waals surface area contributed by atoms with Crippen molar-refractivity contribution in [2.24, 2.45) is 5.41 Å². The minimum atomic E-state index is -5.87. The zero-order valence-electron chi connectivity index (χ0n) is 17.4. The van der Waals surface area contributed by atoms with Crippen LogP contribution in [0, 0.1) is 8.99 Å². The molecule has 4 rings (SSSR count). The molecule has 1 aliphatic carbocycles. The first kappa shape index (κ1) is 24.5. The molecule has 0 amide bonds. The van der Waals surface area contributed by atoms with Gasteiger partial charge in [0.1, 0.15) is 0 Å². The van der Waals surface area contributed by atoms with Crippen LogP contribution in [0.4, 0.5) is 26.3 Å². The fraction of sp³-hybridized carbons (Fsp3) is 0.273. The Labute approximate surface area is 196 Å². The number of rotatable bonds is 4. The van der Waals surface area contributed by atoms with Crippen LogP contribution >= 0.6 is 20.2 Å². The van der Waals surface area contributed by atoms with E-state index >= 15 is 0 Å². The number of halogens is 7. The van der Waals surface area contributed by atoms with Crippen molar-refractivity contribution in [3.8, 4) is 0 Å². The molecule has 0 atom stereocenters. The van der Waals surface area contributed by atoms with Crippen molar-refractivity contribution in [1.82, 2.24) is 0 Å². The standard InChI is InChI=1S/C22H15F6IO5/c1-32-17(30)19(18(31)33-2)15(12-8-4-3-5-9-12)16(19)29-14-11-7-6-10-13(14)20(34-29,21(23,24)25)22(26,27)28/h3-11H,1-2H3. The molecule has 2 aliphatic rings. The van der Waals surface area contributed by atoms with Gasteiger partial charge < -0.3 is 0 Å². The van der Waals surface area contributed by atoms with Crippen LogP contribution in [0.3, 0.4) is 0 Å². The van der Waals surface area contributed by atoms with Gasteiger partial charge in [0.05, 0.1) is 0 Å². The van der Waals surface area contributed by atoms with Gasteiger partial charge >= 0.3 is 197 Å². The number of carbonyl (C=O) groups excluding carboxylic acids is 2. The molecule has 12 heteroatoms. The maximum atomic E-state index is 14.1. The Morgan fingerprint density at radius 2 is 1.32 bits per heavy atom. The van der Waals surface area contributed by atoms with Gasteiger partial charge in [0.2, 0.25) is 0 Å². The number of ether oxygens (including phenoxy) is 2. The molecule has 182 valence electrons. The van der Waals surface area contributed by atoms with E-state index in [1.807, 2.05) is 0 Å². The van der Waals surface area contributed by atoms with E-state index in [4.69, 9.17) is 12.5 Å². The first-order valence-electron chi connectivity index (χ1n) is 9.49. The number of hydrogen-bond donors (Lipinski definition) is 0. The number of esters is 2. The predicted octanol–water partition coefficient (Wildman–Crippen LogP) is 5.39. The van der Waals surface area contributed by atoms with Gasteiger partial charge in [0.15, 0.2) is 0 Å². The Bertz CT molecular complexity index is 1160. The first-order chi connectivity index (χ1) is 15.9. The monoisotopic (exact) mass is 600 g/mol. The van der Waals surface area contributed by atoms with Crippen LogP contribution in [-0.4, -0.2) is 38.5 Å². The van der Waals surface area contributed by atoms with E-state index in [-0.39, 0.29) is 18.3 Å². The summed E-state index contributed by atoms with van der Waals surface area (Å²) in [4.78, 5) is 25.7. The van der Waals surface area contributed by atoms with Crippen LogP contribution in [0.5, 0.6) is 0 Å². The Kier molecular flexibility index (Phi) is 5.75. The quantitative estimate of drug-likeness (QED) is 0.204. The Hall–Kier alpha value is -2.61. The summed E-state index contributed by atoms with van der Waals surface area (Å²) in [6.07, 6.45) is -11.7. The summed E-state index contributed by atoms with van der Waals surface area (Å²) in [7, 11) is 1.91. The number of alkyl halides is 6. The molecule has 0 fully saturated rings. The van der Waals surface area contributed by atoms with Crippen LogP contribution in [0.2, 0.25) is 0 Å². The van der Waals surface area contributed by atoms with E-state index in [0.29, 0.717) is 6.07 Å². The molecule has 2 aromatic rings. The van der Waals surface area contributed by atoms with Crippen molar-refractivity contribution in [2.45, 2.75) is 18.0 Å². The summed E-state index contributed by atoms with van der Waals surface area (Å²) < 4.78 is 98.5. The third-order valence-electron chi connectivity index (χ3n) is 5.51. The van der Waals surface area contributed by atoms with Crippen LogP contribution in [0.25, 0.3) is 5.57 Å². The average molecular weight is 600 g/mol. The fourth-order valence-electron chi connectivity index (χ4n) is 3.98. The van der Waals surface area contributed by atoms with Gasteiger partial charge in [-0.2, -0.15) is 0 Å². The van der Waals surface area contributed by atoms with Gasteiger partial charge in [-0.15, -0.1) is 0 Å². The van der Waals surface area contributed by atoms with E-state index in [1.54, 1.807) is 18.2 Å². The van der Waals surface area contributed by atoms with E-state index in [0.717, 1.165) is 26.4 Å². The van der Waals surface area contributed by atoms with Crippen molar-refractivity contribution in [3.63, 3.8) is 0 Å². The molecular weight excluding hydrogens is 585 g/mol. The van der Waals surface area contributed by atoms with Gasteiger partial charge in [0.25, 0.3) is 0 Å². The van der Waals surface area contributed by atoms with Crippen molar-refractivity contribution in [2.75, 3.05) is 14.2 Å². The molecule has 1 heterocycles. The summed E-state index contributed by atoms with van der Waals surface area (Å²) in [5, 5.41) is 0. The van der Waals surface area contributed by atoms with Crippen molar-refractivity contribution >= 4 is 37.7 Å². The molecule has 0 saturated carbocycles. The summed E-state index contributed by atoms with van der Waals surface area (Å²) in [6.45, 7) is 0. The average Bonchev–Trinajstić information content (AvgIpc) is 3.35. The zero-order chi connectivity index (χ0) is 25.1. The number of fused-ring (bicyclic) bond motifs is 1. The maximum absolute atomic E-state index is 14.1. The molecule has 0 spiro atoms. The second kappa shape index (κ2) is 7.97. The number of carbonyl (C=O) groups is 2. The number of hydrogen-bond acceptors (Lipinski definition) is 5. The summed E-state index contributed by atoms with van der Waals surface area (Å²) in [5.41, 5.74) is -7.81. The van der Waals surface area contributed by atoms with Crippen molar-refractivity contribution in [1.29, 1.82) is 0 Å². The number of benzene rings is 2. The molecule has 0 N–H and O–H groups in total. The zero-order valence-corrected chi connectivity index (χ0v) is 19.5. The Morgan fingerprint density at radius 3 is 1.82 bits per heavy atom. The molecule has 34 heavy (non-hydrogen) atoms. The van der Waals surface area contributed by atoms with E-state index in [1.165, 1.54) is 18.2 Å².